The minimum absolute atomic E-state index is 0.0689. The Bertz CT molecular complexity index is 837. The summed E-state index contributed by atoms with van der Waals surface area (Å²) >= 11 is 0. The Morgan fingerprint density at radius 3 is 2.52 bits per heavy atom. The molecule has 6 nitrogen and oxygen atoms in total. The van der Waals surface area contributed by atoms with Gasteiger partial charge in [-0.3, -0.25) is 14.6 Å². The van der Waals surface area contributed by atoms with Gasteiger partial charge in [0.15, 0.2) is 17.7 Å². The predicted molar refractivity (Wildman–Crippen MR) is 108 cm³/mol. The second-order valence-corrected chi connectivity index (χ2v) is 7.47. The Hall–Kier alpha value is -2.64. The number of nitrogens with one attached hydrogen (secondary N) is 1. The lowest BCUT2D eigenvalue weighted by Crippen LogP contribution is -2.57. The van der Waals surface area contributed by atoms with E-state index in [2.05, 4.69) is 22.0 Å². The summed E-state index contributed by atoms with van der Waals surface area (Å²) in [4.78, 5) is 16.9. The molecule has 0 aromatic heterocycles. The third-order valence-corrected chi connectivity index (χ3v) is 5.54. The molecule has 0 radical (unpaired) electrons. The van der Waals surface area contributed by atoms with Gasteiger partial charge in [-0.1, -0.05) is 12.1 Å². The van der Waals surface area contributed by atoms with Crippen molar-refractivity contribution in [3.05, 3.63) is 59.9 Å². The van der Waals surface area contributed by atoms with Crippen LogP contribution in [-0.4, -0.2) is 67.3 Å². The van der Waals surface area contributed by atoms with Crippen LogP contribution in [0, 0.1) is 5.82 Å². The standard InChI is InChI=1S/C22H26FN3O3/c1-16(14-24-22(27)17-6-8-18(23)9-7-17)25-10-12-26(13-11-25)21-15-28-19-4-2-3-5-20(19)29-21/h2-9,16,21H,10-15H2,1H3,(H,24,27). The van der Waals surface area contributed by atoms with Crippen LogP contribution in [0.1, 0.15) is 17.3 Å². The molecule has 1 saturated heterocycles. The lowest BCUT2D eigenvalue weighted by atomic mass is 10.2. The van der Waals surface area contributed by atoms with Gasteiger partial charge in [0.2, 0.25) is 0 Å². The van der Waals surface area contributed by atoms with Gasteiger partial charge in [0.05, 0.1) is 0 Å². The summed E-state index contributed by atoms with van der Waals surface area (Å²) in [5.41, 5.74) is 0.471. The Kier molecular flexibility index (Phi) is 5.97. The first-order valence-corrected chi connectivity index (χ1v) is 10.0. The van der Waals surface area contributed by atoms with E-state index >= 15 is 0 Å². The topological polar surface area (TPSA) is 54.0 Å². The van der Waals surface area contributed by atoms with Crippen molar-refractivity contribution in [1.29, 1.82) is 0 Å². The van der Waals surface area contributed by atoms with Gasteiger partial charge in [-0.25, -0.2) is 4.39 Å². The van der Waals surface area contributed by atoms with Crippen LogP contribution in [0.25, 0.3) is 0 Å². The van der Waals surface area contributed by atoms with E-state index in [1.807, 2.05) is 24.3 Å². The van der Waals surface area contributed by atoms with Gasteiger partial charge >= 0.3 is 0 Å². The van der Waals surface area contributed by atoms with Crippen LogP contribution in [0.2, 0.25) is 0 Å². The van der Waals surface area contributed by atoms with Gasteiger partial charge in [0, 0.05) is 44.3 Å². The molecule has 0 spiro atoms. The molecule has 2 unspecified atom stereocenters. The number of carbonyl (C=O) groups is 1. The number of para-hydroxylation sites is 2. The van der Waals surface area contributed by atoms with Crippen LogP contribution in [0.15, 0.2) is 48.5 Å². The van der Waals surface area contributed by atoms with Crippen molar-refractivity contribution in [2.75, 3.05) is 39.3 Å². The minimum Gasteiger partial charge on any atom is -0.484 e. The average Bonchev–Trinajstić information content (AvgIpc) is 2.77. The van der Waals surface area contributed by atoms with Gasteiger partial charge in [-0.2, -0.15) is 0 Å². The lowest BCUT2D eigenvalue weighted by molar-refractivity contribution is -0.0532. The Morgan fingerprint density at radius 1 is 1.10 bits per heavy atom. The Labute approximate surface area is 170 Å². The van der Waals surface area contributed by atoms with Crippen molar-refractivity contribution in [1.82, 2.24) is 15.1 Å². The molecule has 2 atom stereocenters. The molecule has 0 bridgehead atoms. The molecule has 2 aromatic carbocycles. The van der Waals surface area contributed by atoms with Crippen LogP contribution in [0.4, 0.5) is 4.39 Å². The predicted octanol–water partition coefficient (Wildman–Crippen LogP) is 2.36. The molecule has 1 amide bonds. The summed E-state index contributed by atoms with van der Waals surface area (Å²) in [6.45, 7) is 6.74. The molecule has 2 heterocycles. The fourth-order valence-corrected chi connectivity index (χ4v) is 3.73. The zero-order valence-electron chi connectivity index (χ0n) is 16.5. The second kappa shape index (κ2) is 8.80. The zero-order valence-corrected chi connectivity index (χ0v) is 16.5. The molecule has 1 fully saturated rings. The molecular formula is C22H26FN3O3. The fraction of sp³-hybridized carbons (Fsp3) is 0.409. The highest BCUT2D eigenvalue weighted by molar-refractivity contribution is 5.94. The first-order valence-electron chi connectivity index (χ1n) is 10.0. The number of rotatable bonds is 5. The quantitative estimate of drug-likeness (QED) is 0.837. The summed E-state index contributed by atoms with van der Waals surface area (Å²) in [6, 6.07) is 13.6. The molecule has 2 aliphatic heterocycles. The highest BCUT2D eigenvalue weighted by atomic mass is 19.1. The van der Waals surface area contributed by atoms with E-state index in [0.717, 1.165) is 37.7 Å². The van der Waals surface area contributed by atoms with Gasteiger partial charge < -0.3 is 14.8 Å². The van der Waals surface area contributed by atoms with Crippen molar-refractivity contribution in [3.8, 4) is 11.5 Å². The molecule has 154 valence electrons. The lowest BCUT2D eigenvalue weighted by Gasteiger charge is -2.42. The zero-order chi connectivity index (χ0) is 20.2. The number of ether oxygens (including phenoxy) is 2. The van der Waals surface area contributed by atoms with Gasteiger partial charge in [0.25, 0.3) is 5.91 Å². The second-order valence-electron chi connectivity index (χ2n) is 7.47. The van der Waals surface area contributed by atoms with Crippen molar-refractivity contribution in [3.63, 3.8) is 0 Å². The number of halogens is 1. The molecule has 0 saturated carbocycles. The van der Waals surface area contributed by atoms with Crippen molar-refractivity contribution >= 4 is 5.91 Å². The first-order chi connectivity index (χ1) is 14.1. The molecule has 7 heteroatoms. The third-order valence-electron chi connectivity index (χ3n) is 5.54. The molecular weight excluding hydrogens is 373 g/mol. The van der Waals surface area contributed by atoms with Crippen molar-refractivity contribution < 1.29 is 18.7 Å². The van der Waals surface area contributed by atoms with E-state index < -0.39 is 0 Å². The van der Waals surface area contributed by atoms with E-state index in [4.69, 9.17) is 9.47 Å². The highest BCUT2D eigenvalue weighted by Crippen LogP contribution is 2.31. The summed E-state index contributed by atoms with van der Waals surface area (Å²) in [5, 5.41) is 2.94. The largest absolute Gasteiger partial charge is 0.484 e. The molecule has 29 heavy (non-hydrogen) atoms. The maximum atomic E-state index is 13.0. The van der Waals surface area contributed by atoms with Crippen LogP contribution >= 0.6 is 0 Å². The summed E-state index contributed by atoms with van der Waals surface area (Å²) in [6.07, 6.45) is -0.0689. The van der Waals surface area contributed by atoms with Gasteiger partial charge in [-0.05, 0) is 43.3 Å². The summed E-state index contributed by atoms with van der Waals surface area (Å²) < 4.78 is 24.9. The Balaban J connectivity index is 1.23. The fourth-order valence-electron chi connectivity index (χ4n) is 3.73. The molecule has 2 aliphatic rings. The number of benzene rings is 2. The summed E-state index contributed by atoms with van der Waals surface area (Å²) in [5.74, 6) is 1.07. The van der Waals surface area contributed by atoms with Crippen molar-refractivity contribution in [2.24, 2.45) is 0 Å². The third kappa shape index (κ3) is 4.68. The van der Waals surface area contributed by atoms with E-state index in [1.54, 1.807) is 0 Å². The number of amides is 1. The SMILES string of the molecule is CC(CNC(=O)c1ccc(F)cc1)N1CCN(C2COc3ccccc3O2)CC1. The van der Waals surface area contributed by atoms with E-state index in [1.165, 1.54) is 24.3 Å². The smallest absolute Gasteiger partial charge is 0.251 e. The van der Waals surface area contributed by atoms with E-state index in [-0.39, 0.29) is 24.0 Å². The van der Waals surface area contributed by atoms with Crippen LogP contribution in [-0.2, 0) is 0 Å². The highest BCUT2D eigenvalue weighted by Gasteiger charge is 2.30. The number of fused-ring (bicyclic) bond motifs is 1. The van der Waals surface area contributed by atoms with Gasteiger partial charge in [-0.15, -0.1) is 0 Å². The number of nitrogens with zero attached hydrogens (tertiary/aromatic N) is 2. The number of piperazine rings is 1. The van der Waals surface area contributed by atoms with Crippen LogP contribution < -0.4 is 14.8 Å². The molecule has 4 rings (SSSR count). The first kappa shape index (κ1) is 19.7. The monoisotopic (exact) mass is 399 g/mol. The number of hydrogen-bond acceptors (Lipinski definition) is 5. The van der Waals surface area contributed by atoms with E-state index in [9.17, 15) is 9.18 Å². The molecule has 2 aromatic rings. The Morgan fingerprint density at radius 2 is 1.79 bits per heavy atom. The van der Waals surface area contributed by atoms with Crippen LogP contribution in [0.3, 0.4) is 0 Å². The molecule has 1 N–H and O–H groups in total. The summed E-state index contributed by atoms with van der Waals surface area (Å²) in [7, 11) is 0. The maximum Gasteiger partial charge on any atom is 0.251 e. The normalized spacial score (nSPS) is 20.8. The number of hydrogen-bond donors (Lipinski definition) is 1. The average molecular weight is 399 g/mol. The maximum absolute atomic E-state index is 13.0. The molecule has 0 aliphatic carbocycles. The van der Waals surface area contributed by atoms with Gasteiger partial charge in [0.1, 0.15) is 12.4 Å². The minimum atomic E-state index is -0.344. The van der Waals surface area contributed by atoms with E-state index in [0.29, 0.717) is 18.7 Å². The number of carbonyl (C=O) groups excluding carboxylic acids is 1. The van der Waals surface area contributed by atoms with Crippen molar-refractivity contribution in [2.45, 2.75) is 19.2 Å². The van der Waals surface area contributed by atoms with Crippen LogP contribution in [0.5, 0.6) is 11.5 Å².